The molecule has 0 aromatic carbocycles. The van der Waals surface area contributed by atoms with E-state index in [4.69, 9.17) is 0 Å². The van der Waals surface area contributed by atoms with Gasteiger partial charge in [0.2, 0.25) is 0 Å². The Balaban J connectivity index is 2.41. The number of rotatable bonds is 6. The van der Waals surface area contributed by atoms with E-state index in [-0.39, 0.29) is 17.5 Å². The molecule has 0 fully saturated rings. The second-order valence-corrected chi connectivity index (χ2v) is 5.90. The molecule has 0 aliphatic heterocycles. The number of hydrogen-bond donors (Lipinski definition) is 0. The Bertz CT molecular complexity index is 835. The molecule has 1 atom stereocenters. The molecule has 2 heteroatoms. The Morgan fingerprint density at radius 3 is 2.64 bits per heavy atom. The van der Waals surface area contributed by atoms with Crippen molar-refractivity contribution in [3.63, 3.8) is 0 Å². The van der Waals surface area contributed by atoms with Gasteiger partial charge in [-0.15, -0.1) is 5.73 Å². The molecule has 0 amide bonds. The molecule has 0 saturated carbocycles. The smallest absolute Gasteiger partial charge is 0.187 e. The molecule has 2 rings (SSSR count). The van der Waals surface area contributed by atoms with Crippen LogP contribution in [0, 0.1) is 5.92 Å². The predicted octanol–water partition coefficient (Wildman–Crippen LogP) is 4.91. The van der Waals surface area contributed by atoms with Crippen molar-refractivity contribution in [2.75, 3.05) is 0 Å². The van der Waals surface area contributed by atoms with E-state index in [1.807, 2.05) is 24.3 Å². The van der Waals surface area contributed by atoms with Gasteiger partial charge >= 0.3 is 0 Å². The predicted molar refractivity (Wildman–Crippen MR) is 103 cm³/mol. The third kappa shape index (κ3) is 4.12. The molecule has 0 bridgehead atoms. The average Bonchev–Trinajstić information content (AvgIpc) is 2.86. The second kappa shape index (κ2) is 8.23. The van der Waals surface area contributed by atoms with Gasteiger partial charge in [0, 0.05) is 11.1 Å². The molecule has 0 heterocycles. The SMILES string of the molecule is C=CC(=C)C1=C(/C=C\C(C)C2=C(CC)C=C=CC=C2)C(=O)C=CC1=O. The zero-order chi connectivity index (χ0) is 18.4. The minimum absolute atomic E-state index is 0.0929. The van der Waals surface area contributed by atoms with Crippen molar-refractivity contribution in [3.8, 4) is 0 Å². The molecule has 2 aliphatic carbocycles. The maximum Gasteiger partial charge on any atom is 0.187 e. The lowest BCUT2D eigenvalue weighted by molar-refractivity contribution is -0.114. The van der Waals surface area contributed by atoms with Crippen LogP contribution in [0.25, 0.3) is 0 Å². The summed E-state index contributed by atoms with van der Waals surface area (Å²) in [7, 11) is 0. The summed E-state index contributed by atoms with van der Waals surface area (Å²) in [5.41, 5.74) is 6.66. The van der Waals surface area contributed by atoms with Crippen LogP contribution >= 0.6 is 0 Å². The fraction of sp³-hybridized carbons (Fsp3) is 0.174. The van der Waals surface area contributed by atoms with Gasteiger partial charge in [-0.3, -0.25) is 9.59 Å². The maximum absolute atomic E-state index is 12.3. The first kappa shape index (κ1) is 18.4. The molecule has 1 unspecified atom stereocenters. The van der Waals surface area contributed by atoms with Gasteiger partial charge in [-0.2, -0.15) is 0 Å². The van der Waals surface area contributed by atoms with E-state index in [1.54, 1.807) is 6.08 Å². The largest absolute Gasteiger partial charge is 0.289 e. The third-order valence-electron chi connectivity index (χ3n) is 4.25. The summed E-state index contributed by atoms with van der Waals surface area (Å²) in [5, 5.41) is 0. The monoisotopic (exact) mass is 330 g/mol. The van der Waals surface area contributed by atoms with E-state index in [9.17, 15) is 9.59 Å². The molecule has 0 aromatic rings. The lowest BCUT2D eigenvalue weighted by Gasteiger charge is -2.15. The van der Waals surface area contributed by atoms with E-state index >= 15 is 0 Å². The van der Waals surface area contributed by atoms with Gasteiger partial charge < -0.3 is 0 Å². The van der Waals surface area contributed by atoms with Crippen LogP contribution in [0.15, 0.2) is 101 Å². The normalized spacial score (nSPS) is 18.3. The lowest BCUT2D eigenvalue weighted by Crippen LogP contribution is -2.14. The molecule has 0 radical (unpaired) electrons. The molecule has 0 saturated heterocycles. The van der Waals surface area contributed by atoms with Gasteiger partial charge in [0.25, 0.3) is 0 Å². The Morgan fingerprint density at radius 1 is 1.24 bits per heavy atom. The highest BCUT2D eigenvalue weighted by Gasteiger charge is 2.22. The highest BCUT2D eigenvalue weighted by Crippen LogP contribution is 2.26. The van der Waals surface area contributed by atoms with Crippen LogP contribution in [-0.4, -0.2) is 11.6 Å². The Morgan fingerprint density at radius 2 is 1.96 bits per heavy atom. The molecule has 2 nitrogen and oxygen atoms in total. The summed E-state index contributed by atoms with van der Waals surface area (Å²) in [4.78, 5) is 24.4. The summed E-state index contributed by atoms with van der Waals surface area (Å²) in [5.74, 6) is -0.314. The first-order chi connectivity index (χ1) is 12.0. The van der Waals surface area contributed by atoms with Gasteiger partial charge in [0.1, 0.15) is 0 Å². The van der Waals surface area contributed by atoms with Gasteiger partial charge in [-0.25, -0.2) is 0 Å². The lowest BCUT2D eigenvalue weighted by atomic mass is 9.88. The van der Waals surface area contributed by atoms with E-state index in [1.165, 1.54) is 29.4 Å². The molecule has 2 aliphatic rings. The van der Waals surface area contributed by atoms with Crippen LogP contribution in [0.4, 0.5) is 0 Å². The van der Waals surface area contributed by atoms with Gasteiger partial charge in [0.05, 0.1) is 0 Å². The first-order valence-electron chi connectivity index (χ1n) is 8.32. The molecule has 25 heavy (non-hydrogen) atoms. The molecule has 0 aromatic heterocycles. The topological polar surface area (TPSA) is 34.1 Å². The average molecular weight is 330 g/mol. The number of carbonyl (C=O) groups excluding carboxylic acids is 2. The minimum Gasteiger partial charge on any atom is -0.289 e. The number of carbonyl (C=O) groups is 2. The summed E-state index contributed by atoms with van der Waals surface area (Å²) < 4.78 is 0. The van der Waals surface area contributed by atoms with Crippen LogP contribution in [0.3, 0.4) is 0 Å². The van der Waals surface area contributed by atoms with Crippen molar-refractivity contribution in [1.82, 2.24) is 0 Å². The molecular weight excluding hydrogens is 308 g/mol. The Labute approximate surface area is 149 Å². The minimum atomic E-state index is -0.216. The van der Waals surface area contributed by atoms with Crippen molar-refractivity contribution in [2.24, 2.45) is 5.92 Å². The number of ketones is 2. The van der Waals surface area contributed by atoms with Crippen molar-refractivity contribution in [1.29, 1.82) is 0 Å². The van der Waals surface area contributed by atoms with Crippen molar-refractivity contribution in [2.45, 2.75) is 20.3 Å². The van der Waals surface area contributed by atoms with Crippen molar-refractivity contribution >= 4 is 11.6 Å². The maximum atomic E-state index is 12.3. The molecule has 0 spiro atoms. The zero-order valence-corrected chi connectivity index (χ0v) is 14.7. The quantitative estimate of drug-likeness (QED) is 0.394. The summed E-state index contributed by atoms with van der Waals surface area (Å²) >= 11 is 0. The Hall–Kier alpha value is -2.96. The summed E-state index contributed by atoms with van der Waals surface area (Å²) in [6.45, 7) is 11.7. The number of hydrogen-bond acceptors (Lipinski definition) is 2. The summed E-state index contributed by atoms with van der Waals surface area (Å²) in [6, 6.07) is 0. The fourth-order valence-corrected chi connectivity index (χ4v) is 2.82. The molecular formula is C23H22O2. The first-order valence-corrected chi connectivity index (χ1v) is 8.32. The van der Waals surface area contributed by atoms with Gasteiger partial charge in [-0.1, -0.05) is 57.4 Å². The van der Waals surface area contributed by atoms with Gasteiger partial charge in [-0.05, 0) is 53.4 Å². The van der Waals surface area contributed by atoms with Crippen LogP contribution in [0.1, 0.15) is 20.3 Å². The van der Waals surface area contributed by atoms with Crippen LogP contribution in [0.2, 0.25) is 0 Å². The van der Waals surface area contributed by atoms with Gasteiger partial charge in [0.15, 0.2) is 11.6 Å². The van der Waals surface area contributed by atoms with E-state index in [0.717, 1.165) is 6.42 Å². The third-order valence-corrected chi connectivity index (χ3v) is 4.25. The van der Waals surface area contributed by atoms with Crippen molar-refractivity contribution in [3.05, 3.63) is 101 Å². The highest BCUT2D eigenvalue weighted by atomic mass is 16.1. The van der Waals surface area contributed by atoms with E-state index in [0.29, 0.717) is 16.7 Å². The van der Waals surface area contributed by atoms with Crippen LogP contribution in [0.5, 0.6) is 0 Å². The van der Waals surface area contributed by atoms with E-state index < -0.39 is 0 Å². The van der Waals surface area contributed by atoms with Crippen LogP contribution in [-0.2, 0) is 9.59 Å². The van der Waals surface area contributed by atoms with Crippen LogP contribution < -0.4 is 0 Å². The number of allylic oxidation sites excluding steroid dienone is 13. The van der Waals surface area contributed by atoms with E-state index in [2.05, 4.69) is 38.8 Å². The summed E-state index contributed by atoms with van der Waals surface area (Å²) in [6.07, 6.45) is 16.6. The molecule has 0 N–H and O–H groups in total. The second-order valence-electron chi connectivity index (χ2n) is 5.90. The zero-order valence-electron chi connectivity index (χ0n) is 14.7. The Kier molecular flexibility index (Phi) is 6.05. The fourth-order valence-electron chi connectivity index (χ4n) is 2.82. The standard InChI is InChI=1S/C23H22O2/c1-5-16(3)23-20(21(24)14-15-22(23)25)13-12-17(4)19-11-9-7-8-10-18(19)6-2/h5,7,9-15,17H,1,3,6H2,2,4H3/b13-12-. The molecule has 126 valence electrons. The highest BCUT2D eigenvalue weighted by molar-refractivity contribution is 6.23. The van der Waals surface area contributed by atoms with Crippen molar-refractivity contribution < 1.29 is 9.59 Å².